The van der Waals surface area contributed by atoms with E-state index in [1.165, 1.54) is 7.11 Å². The standard InChI is InChI=1S/C15H22N2O3/c1-10-7-8-12(15(19)20-3)9-13(10)17-14(18)6-4-5-11(2)16/h7-9,11H,4-6,16H2,1-3H3,(H,17,18). The summed E-state index contributed by atoms with van der Waals surface area (Å²) < 4.78 is 4.66. The van der Waals surface area contributed by atoms with Crippen molar-refractivity contribution in [2.24, 2.45) is 5.73 Å². The molecule has 0 saturated carbocycles. The van der Waals surface area contributed by atoms with Crippen LogP contribution in [0.3, 0.4) is 0 Å². The number of ether oxygens (including phenoxy) is 1. The van der Waals surface area contributed by atoms with Crippen LogP contribution in [0.4, 0.5) is 5.69 Å². The first-order valence-electron chi connectivity index (χ1n) is 6.68. The second-order valence-electron chi connectivity index (χ2n) is 4.94. The lowest BCUT2D eigenvalue weighted by molar-refractivity contribution is -0.116. The highest BCUT2D eigenvalue weighted by molar-refractivity contribution is 5.95. The molecule has 5 nitrogen and oxygen atoms in total. The van der Waals surface area contributed by atoms with Gasteiger partial charge < -0.3 is 15.8 Å². The Labute approximate surface area is 119 Å². The first-order chi connectivity index (χ1) is 9.43. The summed E-state index contributed by atoms with van der Waals surface area (Å²) in [5.41, 5.74) is 7.60. The highest BCUT2D eigenvalue weighted by Gasteiger charge is 2.10. The van der Waals surface area contributed by atoms with E-state index in [9.17, 15) is 9.59 Å². The summed E-state index contributed by atoms with van der Waals surface area (Å²) in [4.78, 5) is 23.3. The molecule has 3 N–H and O–H groups in total. The number of hydrogen-bond acceptors (Lipinski definition) is 4. The Kier molecular flexibility index (Phi) is 6.18. The zero-order chi connectivity index (χ0) is 15.1. The number of carbonyl (C=O) groups excluding carboxylic acids is 2. The fraction of sp³-hybridized carbons (Fsp3) is 0.467. The van der Waals surface area contributed by atoms with Gasteiger partial charge in [0.15, 0.2) is 0 Å². The van der Waals surface area contributed by atoms with Gasteiger partial charge in [0.25, 0.3) is 0 Å². The van der Waals surface area contributed by atoms with Gasteiger partial charge >= 0.3 is 5.97 Å². The predicted molar refractivity (Wildman–Crippen MR) is 78.6 cm³/mol. The molecule has 1 amide bonds. The minimum absolute atomic E-state index is 0.0734. The number of aryl methyl sites for hydroxylation is 1. The van der Waals surface area contributed by atoms with Gasteiger partial charge in [0, 0.05) is 18.2 Å². The highest BCUT2D eigenvalue weighted by atomic mass is 16.5. The normalized spacial score (nSPS) is 11.8. The van der Waals surface area contributed by atoms with Gasteiger partial charge in [-0.25, -0.2) is 4.79 Å². The molecule has 0 aliphatic carbocycles. The van der Waals surface area contributed by atoms with Gasteiger partial charge in [0.1, 0.15) is 0 Å². The average molecular weight is 278 g/mol. The zero-order valence-electron chi connectivity index (χ0n) is 12.2. The Morgan fingerprint density at radius 2 is 2.10 bits per heavy atom. The molecule has 1 unspecified atom stereocenters. The maximum absolute atomic E-state index is 11.8. The third-order valence-electron chi connectivity index (χ3n) is 3.00. The van der Waals surface area contributed by atoms with Gasteiger partial charge in [-0.1, -0.05) is 6.07 Å². The van der Waals surface area contributed by atoms with Crippen LogP contribution >= 0.6 is 0 Å². The van der Waals surface area contributed by atoms with Crippen molar-refractivity contribution < 1.29 is 14.3 Å². The van der Waals surface area contributed by atoms with Crippen LogP contribution in [0, 0.1) is 6.92 Å². The molecule has 0 aliphatic heterocycles. The number of amides is 1. The number of rotatable bonds is 6. The van der Waals surface area contributed by atoms with E-state index in [4.69, 9.17) is 5.73 Å². The monoisotopic (exact) mass is 278 g/mol. The molecule has 1 atom stereocenters. The van der Waals surface area contributed by atoms with Gasteiger partial charge in [-0.2, -0.15) is 0 Å². The maximum Gasteiger partial charge on any atom is 0.337 e. The fourth-order valence-corrected chi connectivity index (χ4v) is 1.80. The lowest BCUT2D eigenvalue weighted by Gasteiger charge is -2.10. The van der Waals surface area contributed by atoms with Crippen LogP contribution in [0.5, 0.6) is 0 Å². The van der Waals surface area contributed by atoms with E-state index in [2.05, 4.69) is 10.1 Å². The lowest BCUT2D eigenvalue weighted by atomic mass is 10.1. The molecule has 1 rings (SSSR count). The number of carbonyl (C=O) groups is 2. The second kappa shape index (κ2) is 7.65. The minimum atomic E-state index is -0.419. The first kappa shape index (κ1) is 16.2. The molecule has 0 fully saturated rings. The van der Waals surface area contributed by atoms with E-state index in [1.807, 2.05) is 13.8 Å². The summed E-state index contributed by atoms with van der Waals surface area (Å²) in [6.45, 7) is 3.79. The van der Waals surface area contributed by atoms with Crippen LogP contribution in [0.1, 0.15) is 42.1 Å². The zero-order valence-corrected chi connectivity index (χ0v) is 12.2. The summed E-state index contributed by atoms with van der Waals surface area (Å²) in [7, 11) is 1.33. The Bertz CT molecular complexity index is 484. The Morgan fingerprint density at radius 3 is 2.70 bits per heavy atom. The molecule has 0 bridgehead atoms. The Hall–Kier alpha value is -1.88. The van der Waals surface area contributed by atoms with Gasteiger partial charge in [0.05, 0.1) is 12.7 Å². The quantitative estimate of drug-likeness (QED) is 0.782. The van der Waals surface area contributed by atoms with E-state index in [-0.39, 0.29) is 11.9 Å². The molecule has 0 spiro atoms. The van der Waals surface area contributed by atoms with E-state index >= 15 is 0 Å². The van der Waals surface area contributed by atoms with E-state index in [1.54, 1.807) is 18.2 Å². The van der Waals surface area contributed by atoms with Crippen molar-refractivity contribution in [3.8, 4) is 0 Å². The Morgan fingerprint density at radius 1 is 1.40 bits per heavy atom. The third-order valence-corrected chi connectivity index (χ3v) is 3.00. The van der Waals surface area contributed by atoms with Crippen LogP contribution in [0.2, 0.25) is 0 Å². The average Bonchev–Trinajstić information content (AvgIpc) is 2.40. The molecule has 0 aromatic heterocycles. The molecular formula is C15H22N2O3. The molecule has 0 saturated heterocycles. The third kappa shape index (κ3) is 5.01. The van der Waals surface area contributed by atoms with Crippen molar-refractivity contribution in [2.45, 2.75) is 39.2 Å². The number of methoxy groups -OCH3 is 1. The highest BCUT2D eigenvalue weighted by Crippen LogP contribution is 2.18. The smallest absolute Gasteiger partial charge is 0.337 e. The van der Waals surface area contributed by atoms with E-state index in [0.29, 0.717) is 17.7 Å². The van der Waals surface area contributed by atoms with Crippen LogP contribution in [-0.2, 0) is 9.53 Å². The number of nitrogens with two attached hydrogens (primary N) is 1. The van der Waals surface area contributed by atoms with Gasteiger partial charge in [0.2, 0.25) is 5.91 Å². The summed E-state index contributed by atoms with van der Waals surface area (Å²) >= 11 is 0. The summed E-state index contributed by atoms with van der Waals surface area (Å²) in [5.74, 6) is -0.492. The molecule has 20 heavy (non-hydrogen) atoms. The summed E-state index contributed by atoms with van der Waals surface area (Å²) in [6.07, 6.45) is 1.98. The molecular weight excluding hydrogens is 256 g/mol. The molecule has 0 radical (unpaired) electrons. The lowest BCUT2D eigenvalue weighted by Crippen LogP contribution is -2.17. The van der Waals surface area contributed by atoms with Crippen LogP contribution < -0.4 is 11.1 Å². The number of anilines is 1. The largest absolute Gasteiger partial charge is 0.465 e. The minimum Gasteiger partial charge on any atom is -0.465 e. The second-order valence-corrected chi connectivity index (χ2v) is 4.94. The fourth-order valence-electron chi connectivity index (χ4n) is 1.80. The maximum atomic E-state index is 11.8. The van der Waals surface area contributed by atoms with Crippen molar-refractivity contribution in [2.75, 3.05) is 12.4 Å². The SMILES string of the molecule is COC(=O)c1ccc(C)c(NC(=O)CCCC(C)N)c1. The van der Waals surface area contributed by atoms with Crippen molar-refractivity contribution >= 4 is 17.6 Å². The number of hydrogen-bond donors (Lipinski definition) is 2. The molecule has 110 valence electrons. The van der Waals surface area contributed by atoms with Crippen molar-refractivity contribution in [3.05, 3.63) is 29.3 Å². The van der Waals surface area contributed by atoms with Crippen molar-refractivity contribution in [1.82, 2.24) is 0 Å². The van der Waals surface area contributed by atoms with Gasteiger partial charge in [-0.3, -0.25) is 4.79 Å². The molecule has 1 aromatic carbocycles. The molecule has 0 aliphatic rings. The molecule has 1 aromatic rings. The number of nitrogens with one attached hydrogen (secondary N) is 1. The Balaban J connectivity index is 2.66. The topological polar surface area (TPSA) is 81.4 Å². The summed E-state index contributed by atoms with van der Waals surface area (Å²) in [6, 6.07) is 5.19. The van der Waals surface area contributed by atoms with Crippen LogP contribution in [-0.4, -0.2) is 25.0 Å². The van der Waals surface area contributed by atoms with Crippen LogP contribution in [0.15, 0.2) is 18.2 Å². The number of esters is 1. The van der Waals surface area contributed by atoms with Gasteiger partial charge in [-0.05, 0) is 44.4 Å². The molecule has 5 heteroatoms. The van der Waals surface area contributed by atoms with E-state index in [0.717, 1.165) is 18.4 Å². The molecule has 0 heterocycles. The number of benzene rings is 1. The van der Waals surface area contributed by atoms with Crippen LogP contribution in [0.25, 0.3) is 0 Å². The summed E-state index contributed by atoms with van der Waals surface area (Å²) in [5, 5.41) is 2.82. The van der Waals surface area contributed by atoms with Crippen molar-refractivity contribution in [1.29, 1.82) is 0 Å². The first-order valence-corrected chi connectivity index (χ1v) is 6.68. The van der Waals surface area contributed by atoms with Crippen molar-refractivity contribution in [3.63, 3.8) is 0 Å². The van der Waals surface area contributed by atoms with Gasteiger partial charge in [-0.15, -0.1) is 0 Å². The predicted octanol–water partition coefficient (Wildman–Crippen LogP) is 2.24. The van der Waals surface area contributed by atoms with E-state index < -0.39 is 5.97 Å².